The van der Waals surface area contributed by atoms with Gasteiger partial charge in [0.05, 0.1) is 0 Å². The Kier molecular flexibility index (Phi) is 5.36. The topological polar surface area (TPSA) is 26.3 Å². The molecule has 2 nitrogen and oxygen atoms in total. The number of carbonyl (C=O) groups is 1. The van der Waals surface area contributed by atoms with Gasteiger partial charge in [0.2, 0.25) is 0 Å². The molecule has 2 rings (SSSR count). The molecule has 0 aliphatic rings. The monoisotopic (exact) mass is 268 g/mol. The summed E-state index contributed by atoms with van der Waals surface area (Å²) in [6, 6.07) is 15.7. The molecule has 0 spiro atoms. The lowest BCUT2D eigenvalue weighted by Crippen LogP contribution is -1.99. The highest BCUT2D eigenvalue weighted by Gasteiger charge is 2.02. The molecule has 2 heteroatoms. The van der Waals surface area contributed by atoms with E-state index in [4.69, 9.17) is 4.74 Å². The summed E-state index contributed by atoms with van der Waals surface area (Å²) in [6.45, 7) is 2.62. The molecule has 0 aliphatic heterocycles. The first-order chi connectivity index (χ1) is 9.83. The number of aryl methyl sites for hydroxylation is 1. The van der Waals surface area contributed by atoms with Gasteiger partial charge in [-0.2, -0.15) is 0 Å². The molecular weight excluding hydrogens is 248 g/mol. The van der Waals surface area contributed by atoms with E-state index < -0.39 is 0 Å². The lowest BCUT2D eigenvalue weighted by Gasteiger charge is -2.08. The second kappa shape index (κ2) is 7.49. The molecule has 2 aromatic rings. The van der Waals surface area contributed by atoms with E-state index in [1.807, 2.05) is 30.3 Å². The van der Waals surface area contributed by atoms with Crippen molar-refractivity contribution in [2.24, 2.45) is 0 Å². The maximum atomic E-state index is 10.9. The number of aldehydes is 1. The third-order valence-corrected chi connectivity index (χ3v) is 3.32. The summed E-state index contributed by atoms with van der Waals surface area (Å²) in [5, 5.41) is 0. The van der Waals surface area contributed by atoms with Crippen LogP contribution in [0.5, 0.6) is 5.75 Å². The minimum atomic E-state index is 0.420. The van der Waals surface area contributed by atoms with Crippen molar-refractivity contribution in [3.8, 4) is 5.75 Å². The first-order valence-electron chi connectivity index (χ1n) is 7.08. The Bertz CT molecular complexity index is 544. The Morgan fingerprint density at radius 2 is 1.80 bits per heavy atom. The first kappa shape index (κ1) is 14.3. The molecule has 0 aliphatic carbocycles. The molecule has 0 N–H and O–H groups in total. The van der Waals surface area contributed by atoms with Crippen molar-refractivity contribution < 1.29 is 9.53 Å². The van der Waals surface area contributed by atoms with Gasteiger partial charge in [0.1, 0.15) is 18.6 Å². The highest BCUT2D eigenvalue weighted by Crippen LogP contribution is 2.16. The normalized spacial score (nSPS) is 10.2. The number of hydrogen-bond donors (Lipinski definition) is 0. The zero-order valence-corrected chi connectivity index (χ0v) is 11.8. The average molecular weight is 268 g/mol. The average Bonchev–Trinajstić information content (AvgIpc) is 2.52. The van der Waals surface area contributed by atoms with Gasteiger partial charge in [-0.05, 0) is 36.1 Å². The molecular formula is C18H20O2. The quantitative estimate of drug-likeness (QED) is 0.695. The molecule has 0 bridgehead atoms. The van der Waals surface area contributed by atoms with Gasteiger partial charge in [-0.1, -0.05) is 49.7 Å². The summed E-state index contributed by atoms with van der Waals surface area (Å²) in [7, 11) is 0. The van der Waals surface area contributed by atoms with Gasteiger partial charge in [0.25, 0.3) is 0 Å². The van der Waals surface area contributed by atoms with Crippen molar-refractivity contribution in [1.82, 2.24) is 0 Å². The fourth-order valence-corrected chi connectivity index (χ4v) is 2.07. The number of hydrogen-bond acceptors (Lipinski definition) is 2. The summed E-state index contributed by atoms with van der Waals surface area (Å²) >= 11 is 0. The van der Waals surface area contributed by atoms with Crippen LogP contribution < -0.4 is 4.74 Å². The Balaban J connectivity index is 1.95. The molecule has 0 atom stereocenters. The summed E-state index contributed by atoms with van der Waals surface area (Å²) in [4.78, 5) is 10.9. The second-order valence-corrected chi connectivity index (χ2v) is 4.85. The SMILES string of the molecule is CCCCc1ccc(OCc2ccccc2C=O)cc1. The molecule has 0 saturated heterocycles. The van der Waals surface area contributed by atoms with Gasteiger partial charge in [0, 0.05) is 5.56 Å². The Morgan fingerprint density at radius 3 is 2.50 bits per heavy atom. The van der Waals surface area contributed by atoms with Crippen molar-refractivity contribution in [2.75, 3.05) is 0 Å². The molecule has 20 heavy (non-hydrogen) atoms. The molecule has 0 heterocycles. The van der Waals surface area contributed by atoms with Gasteiger partial charge in [-0.3, -0.25) is 4.79 Å². The van der Waals surface area contributed by atoms with Crippen LogP contribution in [0.2, 0.25) is 0 Å². The fourth-order valence-electron chi connectivity index (χ4n) is 2.07. The van der Waals surface area contributed by atoms with E-state index in [0.717, 1.165) is 24.0 Å². The Morgan fingerprint density at radius 1 is 1.05 bits per heavy atom. The number of benzene rings is 2. The number of ether oxygens (including phenoxy) is 1. The molecule has 2 aromatic carbocycles. The van der Waals surface area contributed by atoms with E-state index in [0.29, 0.717) is 12.2 Å². The van der Waals surface area contributed by atoms with Gasteiger partial charge in [-0.15, -0.1) is 0 Å². The molecule has 0 unspecified atom stereocenters. The van der Waals surface area contributed by atoms with Gasteiger partial charge in [-0.25, -0.2) is 0 Å². The molecule has 0 amide bonds. The lowest BCUT2D eigenvalue weighted by molar-refractivity contribution is 0.112. The molecule has 0 radical (unpaired) electrons. The summed E-state index contributed by atoms with van der Waals surface area (Å²) < 4.78 is 5.74. The summed E-state index contributed by atoms with van der Waals surface area (Å²) in [5.41, 5.74) is 2.94. The maximum Gasteiger partial charge on any atom is 0.150 e. The molecule has 0 saturated carbocycles. The van der Waals surface area contributed by atoms with Crippen LogP contribution >= 0.6 is 0 Å². The zero-order valence-electron chi connectivity index (χ0n) is 11.8. The van der Waals surface area contributed by atoms with Crippen molar-refractivity contribution in [1.29, 1.82) is 0 Å². The van der Waals surface area contributed by atoms with Crippen molar-refractivity contribution >= 4 is 6.29 Å². The van der Waals surface area contributed by atoms with Crippen LogP contribution in [0, 0.1) is 0 Å². The van der Waals surface area contributed by atoms with Gasteiger partial charge >= 0.3 is 0 Å². The lowest BCUT2D eigenvalue weighted by atomic mass is 10.1. The predicted molar refractivity (Wildman–Crippen MR) is 81.2 cm³/mol. The maximum absolute atomic E-state index is 10.9. The van der Waals surface area contributed by atoms with Crippen LogP contribution in [0.25, 0.3) is 0 Å². The number of rotatable bonds is 7. The molecule has 0 fully saturated rings. The van der Waals surface area contributed by atoms with Crippen LogP contribution in [0.3, 0.4) is 0 Å². The number of unbranched alkanes of at least 4 members (excludes halogenated alkanes) is 1. The van der Waals surface area contributed by atoms with Crippen molar-refractivity contribution in [2.45, 2.75) is 32.8 Å². The van der Waals surface area contributed by atoms with E-state index >= 15 is 0 Å². The zero-order chi connectivity index (χ0) is 14.2. The Hall–Kier alpha value is -2.09. The van der Waals surface area contributed by atoms with Gasteiger partial charge in [0.15, 0.2) is 0 Å². The van der Waals surface area contributed by atoms with E-state index in [-0.39, 0.29) is 0 Å². The third-order valence-electron chi connectivity index (χ3n) is 3.32. The minimum Gasteiger partial charge on any atom is -0.489 e. The fraction of sp³-hybridized carbons (Fsp3) is 0.278. The molecule has 0 aromatic heterocycles. The Labute approximate surface area is 120 Å². The summed E-state index contributed by atoms with van der Waals surface area (Å²) in [5.74, 6) is 0.839. The van der Waals surface area contributed by atoms with Gasteiger partial charge < -0.3 is 4.74 Å². The highest BCUT2D eigenvalue weighted by atomic mass is 16.5. The van der Waals surface area contributed by atoms with Crippen LogP contribution in [-0.2, 0) is 13.0 Å². The molecule has 104 valence electrons. The van der Waals surface area contributed by atoms with Crippen LogP contribution in [0.1, 0.15) is 41.3 Å². The van der Waals surface area contributed by atoms with Crippen LogP contribution in [0.4, 0.5) is 0 Å². The first-order valence-corrected chi connectivity index (χ1v) is 7.08. The summed E-state index contributed by atoms with van der Waals surface area (Å²) in [6.07, 6.45) is 4.41. The van der Waals surface area contributed by atoms with Crippen molar-refractivity contribution in [3.05, 3.63) is 65.2 Å². The van der Waals surface area contributed by atoms with Crippen LogP contribution in [-0.4, -0.2) is 6.29 Å². The minimum absolute atomic E-state index is 0.420. The third kappa shape index (κ3) is 3.95. The van der Waals surface area contributed by atoms with E-state index in [9.17, 15) is 4.79 Å². The van der Waals surface area contributed by atoms with Crippen LogP contribution in [0.15, 0.2) is 48.5 Å². The highest BCUT2D eigenvalue weighted by molar-refractivity contribution is 5.77. The predicted octanol–water partition coefficient (Wildman–Crippen LogP) is 4.42. The second-order valence-electron chi connectivity index (χ2n) is 4.85. The standard InChI is InChI=1S/C18H20O2/c1-2-3-6-15-9-11-18(12-10-15)20-14-17-8-5-4-7-16(17)13-19/h4-5,7-13H,2-3,6,14H2,1H3. The van der Waals surface area contributed by atoms with Crippen molar-refractivity contribution in [3.63, 3.8) is 0 Å². The smallest absolute Gasteiger partial charge is 0.150 e. The number of carbonyl (C=O) groups excluding carboxylic acids is 1. The van der Waals surface area contributed by atoms with E-state index in [1.54, 1.807) is 6.07 Å². The van der Waals surface area contributed by atoms with E-state index in [2.05, 4.69) is 19.1 Å². The largest absolute Gasteiger partial charge is 0.489 e. The van der Waals surface area contributed by atoms with E-state index in [1.165, 1.54) is 18.4 Å².